The van der Waals surface area contributed by atoms with Crippen LogP contribution >= 0.6 is 0 Å². The maximum atomic E-state index is 5.40. The van der Waals surface area contributed by atoms with Crippen LogP contribution in [0.25, 0.3) is 6.08 Å². The highest BCUT2D eigenvalue weighted by molar-refractivity contribution is 5.62. The number of allylic oxidation sites excluding steroid dienone is 1. The summed E-state index contributed by atoms with van der Waals surface area (Å²) >= 11 is 0. The molecule has 0 fully saturated rings. The van der Waals surface area contributed by atoms with E-state index in [2.05, 4.69) is 5.32 Å². The number of nitrogens with one attached hydrogen (secondary N) is 1. The summed E-state index contributed by atoms with van der Waals surface area (Å²) in [4.78, 5) is 0. The molecule has 2 nitrogen and oxygen atoms in total. The van der Waals surface area contributed by atoms with E-state index in [4.69, 9.17) is 4.42 Å². The fourth-order valence-corrected chi connectivity index (χ4v) is 1.00. The zero-order chi connectivity index (χ0) is 8.27. The lowest BCUT2D eigenvalue weighted by atomic mass is 10.3. The molecule has 0 spiro atoms. The van der Waals surface area contributed by atoms with Crippen LogP contribution in [0, 0.1) is 6.92 Å². The highest BCUT2D eigenvalue weighted by Crippen LogP contribution is 2.20. The third kappa shape index (κ3) is 1.64. The van der Waals surface area contributed by atoms with Gasteiger partial charge in [-0.05, 0) is 19.9 Å². The van der Waals surface area contributed by atoms with Crippen LogP contribution in [0.15, 0.2) is 16.6 Å². The van der Waals surface area contributed by atoms with Crippen molar-refractivity contribution >= 4 is 11.8 Å². The molecule has 0 bridgehead atoms. The van der Waals surface area contributed by atoms with Gasteiger partial charge in [-0.2, -0.15) is 0 Å². The summed E-state index contributed by atoms with van der Waals surface area (Å²) in [5.74, 6) is 1.83. The van der Waals surface area contributed by atoms with E-state index >= 15 is 0 Å². The summed E-state index contributed by atoms with van der Waals surface area (Å²) < 4.78 is 5.40. The van der Waals surface area contributed by atoms with Crippen molar-refractivity contribution in [3.05, 3.63) is 23.7 Å². The summed E-state index contributed by atoms with van der Waals surface area (Å²) in [6.45, 7) is 3.91. The predicted octanol–water partition coefficient (Wildman–Crippen LogP) is 2.66. The number of hydrogen-bond donors (Lipinski definition) is 1. The molecule has 11 heavy (non-hydrogen) atoms. The van der Waals surface area contributed by atoms with Crippen LogP contribution < -0.4 is 5.32 Å². The topological polar surface area (TPSA) is 25.2 Å². The highest BCUT2D eigenvalue weighted by Gasteiger charge is 2.02. The van der Waals surface area contributed by atoms with E-state index in [0.29, 0.717) is 0 Å². The number of aryl methyl sites for hydroxylation is 1. The molecule has 1 aromatic heterocycles. The number of hydrogen-bond acceptors (Lipinski definition) is 2. The van der Waals surface area contributed by atoms with Crippen LogP contribution in [0.2, 0.25) is 0 Å². The van der Waals surface area contributed by atoms with Crippen LogP contribution in [0.3, 0.4) is 0 Å². The second-order valence-electron chi connectivity index (χ2n) is 2.38. The average Bonchev–Trinajstić information content (AvgIpc) is 2.32. The molecule has 1 rings (SSSR count). The quantitative estimate of drug-likeness (QED) is 0.703. The third-order valence-electron chi connectivity index (χ3n) is 1.47. The molecule has 0 saturated heterocycles. The largest absolute Gasteiger partial charge is 0.460 e. The molecule has 2 heteroatoms. The normalized spacial score (nSPS) is 10.8. The number of rotatable bonds is 2. The summed E-state index contributed by atoms with van der Waals surface area (Å²) in [5.41, 5.74) is 1.04. The fraction of sp³-hybridized carbons (Fsp3) is 0.333. The highest BCUT2D eigenvalue weighted by atomic mass is 16.3. The summed E-state index contributed by atoms with van der Waals surface area (Å²) in [5, 5.41) is 3.06. The minimum absolute atomic E-state index is 0.896. The molecule has 60 valence electrons. The molecule has 1 N–H and O–H groups in total. The predicted molar refractivity (Wildman–Crippen MR) is 47.7 cm³/mol. The first-order valence-corrected chi connectivity index (χ1v) is 3.68. The number of anilines is 1. The maximum Gasteiger partial charge on any atom is 0.149 e. The van der Waals surface area contributed by atoms with E-state index in [9.17, 15) is 0 Å². The molecule has 1 aromatic rings. The Bertz CT molecular complexity index is 261. The van der Waals surface area contributed by atoms with Crippen LogP contribution in [-0.2, 0) is 0 Å². The van der Waals surface area contributed by atoms with Gasteiger partial charge in [0.15, 0.2) is 0 Å². The van der Waals surface area contributed by atoms with Crippen molar-refractivity contribution in [2.24, 2.45) is 0 Å². The van der Waals surface area contributed by atoms with Gasteiger partial charge in [0.25, 0.3) is 0 Å². The van der Waals surface area contributed by atoms with Gasteiger partial charge in [-0.3, -0.25) is 0 Å². The summed E-state index contributed by atoms with van der Waals surface area (Å²) in [6, 6.07) is 1.98. The lowest BCUT2D eigenvalue weighted by Crippen LogP contribution is -1.85. The van der Waals surface area contributed by atoms with Crippen molar-refractivity contribution in [1.82, 2.24) is 0 Å². The van der Waals surface area contributed by atoms with Crippen molar-refractivity contribution in [2.75, 3.05) is 12.4 Å². The Balaban J connectivity index is 3.01. The lowest BCUT2D eigenvalue weighted by Gasteiger charge is -1.93. The Morgan fingerprint density at radius 1 is 1.55 bits per heavy atom. The minimum Gasteiger partial charge on any atom is -0.460 e. The fourth-order valence-electron chi connectivity index (χ4n) is 1.00. The Labute approximate surface area is 66.9 Å². The van der Waals surface area contributed by atoms with Crippen molar-refractivity contribution in [3.8, 4) is 0 Å². The average molecular weight is 151 g/mol. The molecular weight excluding hydrogens is 138 g/mol. The van der Waals surface area contributed by atoms with E-state index in [1.54, 1.807) is 0 Å². The van der Waals surface area contributed by atoms with E-state index in [-0.39, 0.29) is 0 Å². The molecule has 0 amide bonds. The van der Waals surface area contributed by atoms with Gasteiger partial charge in [-0.1, -0.05) is 6.08 Å². The van der Waals surface area contributed by atoms with Gasteiger partial charge in [-0.15, -0.1) is 0 Å². The molecule has 0 unspecified atom stereocenters. The van der Waals surface area contributed by atoms with Crippen molar-refractivity contribution in [2.45, 2.75) is 13.8 Å². The Morgan fingerprint density at radius 2 is 2.27 bits per heavy atom. The Morgan fingerprint density at radius 3 is 2.82 bits per heavy atom. The zero-order valence-corrected chi connectivity index (χ0v) is 7.14. The van der Waals surface area contributed by atoms with Crippen molar-refractivity contribution in [3.63, 3.8) is 0 Å². The maximum absolute atomic E-state index is 5.40. The first-order valence-electron chi connectivity index (χ1n) is 3.68. The van der Waals surface area contributed by atoms with Gasteiger partial charge >= 0.3 is 0 Å². The van der Waals surface area contributed by atoms with E-state index in [1.807, 2.05) is 39.1 Å². The molecule has 0 aliphatic rings. The molecule has 0 radical (unpaired) electrons. The van der Waals surface area contributed by atoms with Gasteiger partial charge in [0.2, 0.25) is 0 Å². The summed E-state index contributed by atoms with van der Waals surface area (Å²) in [7, 11) is 1.89. The monoisotopic (exact) mass is 151 g/mol. The second-order valence-corrected chi connectivity index (χ2v) is 2.38. The Kier molecular flexibility index (Phi) is 2.36. The zero-order valence-electron chi connectivity index (χ0n) is 7.14. The van der Waals surface area contributed by atoms with Crippen molar-refractivity contribution < 1.29 is 4.42 Å². The van der Waals surface area contributed by atoms with E-state index < -0.39 is 0 Å². The smallest absolute Gasteiger partial charge is 0.149 e. The third-order valence-corrected chi connectivity index (χ3v) is 1.47. The van der Waals surface area contributed by atoms with Crippen LogP contribution in [0.4, 0.5) is 5.69 Å². The van der Waals surface area contributed by atoms with Gasteiger partial charge in [0.1, 0.15) is 11.5 Å². The first-order chi connectivity index (χ1) is 5.27. The Hall–Kier alpha value is -1.18. The van der Waals surface area contributed by atoms with Gasteiger partial charge in [0, 0.05) is 13.1 Å². The van der Waals surface area contributed by atoms with Crippen LogP contribution in [-0.4, -0.2) is 7.05 Å². The first kappa shape index (κ1) is 7.92. The molecule has 0 aromatic carbocycles. The van der Waals surface area contributed by atoms with Crippen LogP contribution in [0.5, 0.6) is 0 Å². The molecular formula is C9H13NO. The number of furan rings is 1. The standard InChI is InChI=1S/C9H13NO/c1-4-5-9-8(10-3)6-7(2)11-9/h4-6,10H,1-3H3/b5-4-. The minimum atomic E-state index is 0.896. The summed E-state index contributed by atoms with van der Waals surface area (Å²) in [6.07, 6.45) is 3.90. The van der Waals surface area contributed by atoms with E-state index in [0.717, 1.165) is 17.2 Å². The van der Waals surface area contributed by atoms with Gasteiger partial charge in [0.05, 0.1) is 5.69 Å². The molecule has 0 aliphatic heterocycles. The van der Waals surface area contributed by atoms with E-state index in [1.165, 1.54) is 0 Å². The lowest BCUT2D eigenvalue weighted by molar-refractivity contribution is 0.525. The molecule has 0 aliphatic carbocycles. The molecule has 1 heterocycles. The molecule has 0 atom stereocenters. The SMILES string of the molecule is C/C=C\c1oc(C)cc1NC. The second kappa shape index (κ2) is 3.28. The van der Waals surface area contributed by atoms with Crippen LogP contribution in [0.1, 0.15) is 18.4 Å². The van der Waals surface area contributed by atoms with Gasteiger partial charge in [-0.25, -0.2) is 0 Å². The van der Waals surface area contributed by atoms with Gasteiger partial charge < -0.3 is 9.73 Å². The van der Waals surface area contributed by atoms with Crippen molar-refractivity contribution in [1.29, 1.82) is 0 Å². The molecule has 0 saturated carbocycles.